The van der Waals surface area contributed by atoms with Gasteiger partial charge in [-0.05, 0) is 45.2 Å². The minimum Gasteiger partial charge on any atom is -0.355 e. The highest BCUT2D eigenvalue weighted by Crippen LogP contribution is 2.13. The van der Waals surface area contributed by atoms with E-state index in [0.29, 0.717) is 13.0 Å². The van der Waals surface area contributed by atoms with Gasteiger partial charge in [0.15, 0.2) is 0 Å². The Bertz CT molecular complexity index is 714. The number of aryl methyl sites for hydroxylation is 1. The predicted octanol–water partition coefficient (Wildman–Crippen LogP) is 1.33. The number of sulfonamides is 1. The van der Waals surface area contributed by atoms with Gasteiger partial charge in [0, 0.05) is 6.54 Å². The molecule has 0 saturated carbocycles. The van der Waals surface area contributed by atoms with Gasteiger partial charge in [-0.1, -0.05) is 31.5 Å². The fourth-order valence-corrected chi connectivity index (χ4v) is 3.57. The molecule has 0 aromatic heterocycles. The van der Waals surface area contributed by atoms with Crippen molar-refractivity contribution < 1.29 is 18.0 Å². The summed E-state index contributed by atoms with van der Waals surface area (Å²) in [5.74, 6) is -0.745. The average molecular weight is 384 g/mol. The summed E-state index contributed by atoms with van der Waals surface area (Å²) in [4.78, 5) is 24.4. The Morgan fingerprint density at radius 1 is 1.04 bits per heavy atom. The maximum absolute atomic E-state index is 12.6. The summed E-state index contributed by atoms with van der Waals surface area (Å²) in [6.45, 7) is 9.45. The summed E-state index contributed by atoms with van der Waals surface area (Å²) in [6, 6.07) is 4.68. The van der Waals surface area contributed by atoms with Crippen LogP contribution in [-0.4, -0.2) is 38.9 Å². The van der Waals surface area contributed by atoms with Gasteiger partial charge in [-0.25, -0.2) is 8.42 Å². The van der Waals surface area contributed by atoms with E-state index in [4.69, 9.17) is 0 Å². The Morgan fingerprint density at radius 2 is 1.62 bits per heavy atom. The van der Waals surface area contributed by atoms with E-state index in [0.717, 1.165) is 5.56 Å². The molecular weight excluding hydrogens is 354 g/mol. The second kappa shape index (κ2) is 9.68. The molecule has 0 aliphatic rings. The lowest BCUT2D eigenvalue weighted by Crippen LogP contribution is -2.53. The van der Waals surface area contributed by atoms with Crippen LogP contribution in [-0.2, 0) is 19.6 Å². The van der Waals surface area contributed by atoms with Crippen LogP contribution in [0.4, 0.5) is 0 Å². The molecule has 8 heteroatoms. The number of benzene rings is 1. The van der Waals surface area contributed by atoms with Gasteiger partial charge in [0.25, 0.3) is 0 Å². The molecule has 26 heavy (non-hydrogen) atoms. The molecule has 0 heterocycles. The second-order valence-electron chi connectivity index (χ2n) is 6.74. The first-order chi connectivity index (χ1) is 12.1. The summed E-state index contributed by atoms with van der Waals surface area (Å²) >= 11 is 0. The van der Waals surface area contributed by atoms with Crippen LogP contribution < -0.4 is 15.4 Å². The van der Waals surface area contributed by atoms with Gasteiger partial charge in [-0.15, -0.1) is 0 Å². The molecule has 1 rings (SSSR count). The number of carbonyl (C=O) groups is 2. The van der Waals surface area contributed by atoms with Gasteiger partial charge in [-0.2, -0.15) is 4.72 Å². The quantitative estimate of drug-likeness (QED) is 0.598. The summed E-state index contributed by atoms with van der Waals surface area (Å²) in [7, 11) is -3.84. The van der Waals surface area contributed by atoms with E-state index >= 15 is 0 Å². The van der Waals surface area contributed by atoms with Crippen molar-refractivity contribution in [3.05, 3.63) is 29.8 Å². The first kappa shape index (κ1) is 22.1. The Labute approximate surface area is 156 Å². The number of hydrogen-bond donors (Lipinski definition) is 3. The standard InChI is InChI=1S/C18H29N3O4S/c1-6-19-17(22)14(5)20-18(23)16(11-12(2)3)21-26(24,25)15-9-7-13(4)8-10-15/h7-10,12,14,16,21H,6,11H2,1-5H3,(H,19,22)(H,20,23)/t14-,16+/m1/s1. The summed E-state index contributed by atoms with van der Waals surface area (Å²) < 4.78 is 27.6. The van der Waals surface area contributed by atoms with Crippen LogP contribution in [0.3, 0.4) is 0 Å². The van der Waals surface area contributed by atoms with Crippen LogP contribution in [0.15, 0.2) is 29.2 Å². The van der Waals surface area contributed by atoms with E-state index < -0.39 is 28.0 Å². The molecule has 1 aromatic rings. The predicted molar refractivity (Wildman–Crippen MR) is 101 cm³/mol. The molecule has 0 aliphatic heterocycles. The van der Waals surface area contributed by atoms with Crippen LogP contribution in [0.25, 0.3) is 0 Å². The molecule has 7 nitrogen and oxygen atoms in total. The lowest BCUT2D eigenvalue weighted by molar-refractivity contribution is -0.129. The first-order valence-corrected chi connectivity index (χ1v) is 10.2. The summed E-state index contributed by atoms with van der Waals surface area (Å²) in [5.41, 5.74) is 0.941. The molecule has 3 N–H and O–H groups in total. The van der Waals surface area contributed by atoms with Gasteiger partial charge < -0.3 is 10.6 Å². The molecular formula is C18H29N3O4S. The zero-order valence-corrected chi connectivity index (χ0v) is 16.8. The van der Waals surface area contributed by atoms with E-state index in [1.165, 1.54) is 12.1 Å². The van der Waals surface area contributed by atoms with Crippen molar-refractivity contribution in [3.8, 4) is 0 Å². The molecule has 146 valence electrons. The molecule has 0 radical (unpaired) electrons. The molecule has 1 aromatic carbocycles. The molecule has 0 saturated heterocycles. The number of likely N-dealkylation sites (N-methyl/N-ethyl adjacent to an activating group) is 1. The van der Waals surface area contributed by atoms with Crippen molar-refractivity contribution in [2.75, 3.05) is 6.54 Å². The molecule has 0 aliphatic carbocycles. The number of amides is 2. The lowest BCUT2D eigenvalue weighted by atomic mass is 10.0. The number of nitrogens with one attached hydrogen (secondary N) is 3. The third-order valence-electron chi connectivity index (χ3n) is 3.76. The fourth-order valence-electron chi connectivity index (χ4n) is 2.36. The third kappa shape index (κ3) is 6.76. The Hall–Kier alpha value is -1.93. The summed E-state index contributed by atoms with van der Waals surface area (Å²) in [6.07, 6.45) is 0.318. The molecule has 0 fully saturated rings. The second-order valence-corrected chi connectivity index (χ2v) is 8.46. The van der Waals surface area contributed by atoms with Crippen molar-refractivity contribution >= 4 is 21.8 Å². The van der Waals surface area contributed by atoms with Crippen LogP contribution in [0.5, 0.6) is 0 Å². The zero-order valence-electron chi connectivity index (χ0n) is 16.0. The minimum atomic E-state index is -3.84. The maximum Gasteiger partial charge on any atom is 0.242 e. The van der Waals surface area contributed by atoms with Gasteiger partial charge in [0.2, 0.25) is 21.8 Å². The molecule has 0 unspecified atom stereocenters. The lowest BCUT2D eigenvalue weighted by Gasteiger charge is -2.22. The van der Waals surface area contributed by atoms with Crippen LogP contribution >= 0.6 is 0 Å². The SMILES string of the molecule is CCNC(=O)[C@@H](C)NC(=O)[C@H](CC(C)C)NS(=O)(=O)c1ccc(C)cc1. The Kier molecular flexibility index (Phi) is 8.23. The van der Waals surface area contributed by atoms with Crippen molar-refractivity contribution in [2.24, 2.45) is 5.92 Å². The van der Waals surface area contributed by atoms with Gasteiger partial charge >= 0.3 is 0 Å². The van der Waals surface area contributed by atoms with E-state index in [-0.39, 0.29) is 16.7 Å². The zero-order chi connectivity index (χ0) is 19.9. The molecule has 2 atom stereocenters. The van der Waals surface area contributed by atoms with Crippen molar-refractivity contribution in [2.45, 2.75) is 58.0 Å². The normalized spacial score (nSPS) is 13.9. The first-order valence-electron chi connectivity index (χ1n) is 8.74. The van der Waals surface area contributed by atoms with E-state index in [9.17, 15) is 18.0 Å². The summed E-state index contributed by atoms with van der Waals surface area (Å²) in [5, 5.41) is 5.19. The van der Waals surface area contributed by atoms with Gasteiger partial charge in [0.1, 0.15) is 12.1 Å². The Morgan fingerprint density at radius 3 is 2.12 bits per heavy atom. The van der Waals surface area contributed by atoms with Crippen molar-refractivity contribution in [1.82, 2.24) is 15.4 Å². The third-order valence-corrected chi connectivity index (χ3v) is 5.24. The highest BCUT2D eigenvalue weighted by molar-refractivity contribution is 7.89. The van der Waals surface area contributed by atoms with E-state index in [1.54, 1.807) is 26.0 Å². The van der Waals surface area contributed by atoms with E-state index in [2.05, 4.69) is 15.4 Å². The monoisotopic (exact) mass is 383 g/mol. The minimum absolute atomic E-state index is 0.0891. The number of hydrogen-bond acceptors (Lipinski definition) is 4. The number of rotatable bonds is 9. The van der Waals surface area contributed by atoms with Crippen LogP contribution in [0.1, 0.15) is 39.7 Å². The highest BCUT2D eigenvalue weighted by Gasteiger charge is 2.28. The van der Waals surface area contributed by atoms with Crippen LogP contribution in [0, 0.1) is 12.8 Å². The molecule has 0 bridgehead atoms. The highest BCUT2D eigenvalue weighted by atomic mass is 32.2. The maximum atomic E-state index is 12.6. The fraction of sp³-hybridized carbons (Fsp3) is 0.556. The van der Waals surface area contributed by atoms with Crippen molar-refractivity contribution in [1.29, 1.82) is 0 Å². The topological polar surface area (TPSA) is 104 Å². The van der Waals surface area contributed by atoms with Crippen molar-refractivity contribution in [3.63, 3.8) is 0 Å². The van der Waals surface area contributed by atoms with Gasteiger partial charge in [0.05, 0.1) is 4.90 Å². The van der Waals surface area contributed by atoms with Gasteiger partial charge in [-0.3, -0.25) is 9.59 Å². The molecule has 0 spiro atoms. The largest absolute Gasteiger partial charge is 0.355 e. The average Bonchev–Trinajstić information content (AvgIpc) is 2.54. The van der Waals surface area contributed by atoms with Crippen LogP contribution in [0.2, 0.25) is 0 Å². The Balaban J connectivity index is 2.93. The molecule has 2 amide bonds. The smallest absolute Gasteiger partial charge is 0.242 e. The van der Waals surface area contributed by atoms with E-state index in [1.807, 2.05) is 20.8 Å². The number of carbonyl (C=O) groups excluding carboxylic acids is 2.